The van der Waals surface area contributed by atoms with Gasteiger partial charge in [-0.15, -0.1) is 0 Å². The minimum absolute atomic E-state index is 0.00286. The zero-order chi connectivity index (χ0) is 13.8. The molecular weight excluding hydrogens is 238 g/mol. The van der Waals surface area contributed by atoms with Crippen molar-refractivity contribution >= 4 is 11.8 Å². The summed E-state index contributed by atoms with van der Waals surface area (Å²) in [6.07, 6.45) is 0. The van der Waals surface area contributed by atoms with Crippen LogP contribution in [0.3, 0.4) is 0 Å². The van der Waals surface area contributed by atoms with E-state index in [-0.39, 0.29) is 25.0 Å². The van der Waals surface area contributed by atoms with E-state index in [1.807, 2.05) is 0 Å². The molecule has 7 nitrogen and oxygen atoms in total. The van der Waals surface area contributed by atoms with Crippen molar-refractivity contribution in [1.29, 1.82) is 0 Å². The zero-order valence-corrected chi connectivity index (χ0v) is 11.1. The summed E-state index contributed by atoms with van der Waals surface area (Å²) >= 11 is 0. The van der Waals surface area contributed by atoms with E-state index < -0.39 is 0 Å². The number of aliphatic hydroxyl groups is 1. The second-order valence-electron chi connectivity index (χ2n) is 3.83. The Labute approximate surface area is 107 Å². The van der Waals surface area contributed by atoms with Crippen molar-refractivity contribution in [2.24, 2.45) is 0 Å². The SMILES string of the molecule is COCCN(CCO)CC(=O)NCCNC(C)=O. The van der Waals surface area contributed by atoms with Gasteiger partial charge >= 0.3 is 0 Å². The number of ether oxygens (including phenoxy) is 1. The van der Waals surface area contributed by atoms with Crippen molar-refractivity contribution < 1.29 is 19.4 Å². The van der Waals surface area contributed by atoms with E-state index in [2.05, 4.69) is 10.6 Å². The van der Waals surface area contributed by atoms with Gasteiger partial charge in [0.25, 0.3) is 0 Å². The Balaban J connectivity index is 3.76. The number of aliphatic hydroxyl groups excluding tert-OH is 1. The van der Waals surface area contributed by atoms with Gasteiger partial charge in [-0.25, -0.2) is 0 Å². The van der Waals surface area contributed by atoms with Gasteiger partial charge in [-0.2, -0.15) is 0 Å². The molecule has 0 aromatic carbocycles. The molecule has 2 amide bonds. The highest BCUT2D eigenvalue weighted by Crippen LogP contribution is 1.87. The Morgan fingerprint density at radius 2 is 1.89 bits per heavy atom. The van der Waals surface area contributed by atoms with Crippen molar-refractivity contribution in [3.63, 3.8) is 0 Å². The lowest BCUT2D eigenvalue weighted by atomic mass is 10.4. The molecule has 0 aromatic rings. The van der Waals surface area contributed by atoms with Crippen molar-refractivity contribution in [3.8, 4) is 0 Å². The van der Waals surface area contributed by atoms with Crippen LogP contribution in [-0.4, -0.2) is 74.9 Å². The van der Waals surface area contributed by atoms with Crippen LogP contribution < -0.4 is 10.6 Å². The van der Waals surface area contributed by atoms with Crippen LogP contribution in [0.15, 0.2) is 0 Å². The molecule has 0 bridgehead atoms. The number of nitrogens with zero attached hydrogens (tertiary/aromatic N) is 1. The summed E-state index contributed by atoms with van der Waals surface area (Å²) in [4.78, 5) is 23.9. The van der Waals surface area contributed by atoms with Gasteiger partial charge in [0.2, 0.25) is 11.8 Å². The molecule has 0 spiro atoms. The number of nitrogens with one attached hydrogen (secondary N) is 2. The van der Waals surface area contributed by atoms with Crippen LogP contribution in [0.2, 0.25) is 0 Å². The summed E-state index contributed by atoms with van der Waals surface area (Å²) < 4.78 is 4.92. The lowest BCUT2D eigenvalue weighted by Gasteiger charge is -2.20. The smallest absolute Gasteiger partial charge is 0.234 e. The summed E-state index contributed by atoms with van der Waals surface area (Å²) in [6.45, 7) is 4.00. The van der Waals surface area contributed by atoms with E-state index in [0.29, 0.717) is 32.8 Å². The van der Waals surface area contributed by atoms with Crippen molar-refractivity contribution in [2.75, 3.05) is 53.0 Å². The van der Waals surface area contributed by atoms with E-state index in [1.54, 1.807) is 12.0 Å². The topological polar surface area (TPSA) is 90.9 Å². The molecule has 3 N–H and O–H groups in total. The number of carbonyl (C=O) groups excluding carboxylic acids is 2. The Kier molecular flexibility index (Phi) is 10.2. The lowest BCUT2D eigenvalue weighted by molar-refractivity contribution is -0.123. The predicted octanol–water partition coefficient (Wildman–Crippen LogP) is -1.82. The summed E-state index contributed by atoms with van der Waals surface area (Å²) in [6, 6.07) is 0. The van der Waals surface area contributed by atoms with Crippen LogP contribution in [0, 0.1) is 0 Å². The van der Waals surface area contributed by atoms with Crippen LogP contribution in [-0.2, 0) is 14.3 Å². The Hall–Kier alpha value is -1.18. The van der Waals surface area contributed by atoms with E-state index in [4.69, 9.17) is 9.84 Å². The highest BCUT2D eigenvalue weighted by Gasteiger charge is 2.09. The second-order valence-corrected chi connectivity index (χ2v) is 3.83. The molecule has 106 valence electrons. The summed E-state index contributed by atoms with van der Waals surface area (Å²) in [5.41, 5.74) is 0. The summed E-state index contributed by atoms with van der Waals surface area (Å²) in [5.74, 6) is -0.254. The van der Waals surface area contributed by atoms with E-state index in [1.165, 1.54) is 6.92 Å². The first kappa shape index (κ1) is 16.8. The third kappa shape index (κ3) is 10.0. The van der Waals surface area contributed by atoms with E-state index in [0.717, 1.165) is 0 Å². The van der Waals surface area contributed by atoms with Crippen LogP contribution in [0.1, 0.15) is 6.92 Å². The van der Waals surface area contributed by atoms with Gasteiger partial charge in [0.15, 0.2) is 0 Å². The average Bonchev–Trinajstić information content (AvgIpc) is 2.31. The maximum absolute atomic E-state index is 11.5. The number of methoxy groups -OCH3 is 1. The minimum atomic E-state index is -0.134. The van der Waals surface area contributed by atoms with Crippen molar-refractivity contribution in [1.82, 2.24) is 15.5 Å². The van der Waals surface area contributed by atoms with Gasteiger partial charge in [-0.1, -0.05) is 0 Å². The predicted molar refractivity (Wildman–Crippen MR) is 67.1 cm³/mol. The highest BCUT2D eigenvalue weighted by molar-refractivity contribution is 5.78. The molecule has 7 heteroatoms. The van der Waals surface area contributed by atoms with Crippen molar-refractivity contribution in [3.05, 3.63) is 0 Å². The zero-order valence-electron chi connectivity index (χ0n) is 11.1. The Bertz CT molecular complexity index is 248. The van der Waals surface area contributed by atoms with Crippen molar-refractivity contribution in [2.45, 2.75) is 6.92 Å². The molecule has 0 saturated heterocycles. The van der Waals surface area contributed by atoms with Crippen LogP contribution in [0.25, 0.3) is 0 Å². The van der Waals surface area contributed by atoms with Gasteiger partial charge in [0, 0.05) is 40.2 Å². The molecule has 0 radical (unpaired) electrons. The summed E-state index contributed by atoms with van der Waals surface area (Å²) in [7, 11) is 1.59. The van der Waals surface area contributed by atoms with Gasteiger partial charge in [0.05, 0.1) is 19.8 Å². The molecule has 18 heavy (non-hydrogen) atoms. The molecule has 0 heterocycles. The third-order valence-corrected chi connectivity index (χ3v) is 2.22. The van der Waals surface area contributed by atoms with Gasteiger partial charge < -0.3 is 20.5 Å². The summed E-state index contributed by atoms with van der Waals surface area (Å²) in [5, 5.41) is 14.1. The number of rotatable bonds is 10. The lowest BCUT2D eigenvalue weighted by Crippen LogP contribution is -2.42. The second kappa shape index (κ2) is 10.9. The van der Waals surface area contributed by atoms with Gasteiger partial charge in [-0.05, 0) is 0 Å². The maximum atomic E-state index is 11.5. The molecule has 0 fully saturated rings. The molecule has 0 aliphatic rings. The number of amides is 2. The van der Waals surface area contributed by atoms with E-state index in [9.17, 15) is 9.59 Å². The van der Waals surface area contributed by atoms with Gasteiger partial charge in [0.1, 0.15) is 0 Å². The van der Waals surface area contributed by atoms with Crippen LogP contribution in [0.5, 0.6) is 0 Å². The fraction of sp³-hybridized carbons (Fsp3) is 0.818. The van der Waals surface area contributed by atoms with E-state index >= 15 is 0 Å². The van der Waals surface area contributed by atoms with Crippen LogP contribution >= 0.6 is 0 Å². The number of hydrogen-bond acceptors (Lipinski definition) is 5. The fourth-order valence-corrected chi connectivity index (χ4v) is 1.33. The molecule has 0 aromatic heterocycles. The van der Waals surface area contributed by atoms with Gasteiger partial charge in [-0.3, -0.25) is 14.5 Å². The first-order chi connectivity index (χ1) is 8.60. The first-order valence-electron chi connectivity index (χ1n) is 5.93. The highest BCUT2D eigenvalue weighted by atomic mass is 16.5. The molecule has 0 aliphatic heterocycles. The maximum Gasteiger partial charge on any atom is 0.234 e. The average molecular weight is 261 g/mol. The number of hydrogen-bond donors (Lipinski definition) is 3. The standard InChI is InChI=1S/C11H23N3O4/c1-10(16)12-3-4-13-11(17)9-14(5-7-15)6-8-18-2/h15H,3-9H2,1-2H3,(H,12,16)(H,13,17). The minimum Gasteiger partial charge on any atom is -0.395 e. The molecular formula is C11H23N3O4. The normalized spacial score (nSPS) is 10.4. The molecule has 0 atom stereocenters. The molecule has 0 saturated carbocycles. The van der Waals surface area contributed by atoms with Crippen LogP contribution in [0.4, 0.5) is 0 Å². The fourth-order valence-electron chi connectivity index (χ4n) is 1.33. The number of carbonyl (C=O) groups is 2. The largest absolute Gasteiger partial charge is 0.395 e. The molecule has 0 aliphatic carbocycles. The first-order valence-corrected chi connectivity index (χ1v) is 5.93. The third-order valence-electron chi connectivity index (χ3n) is 2.22. The molecule has 0 rings (SSSR count). The molecule has 0 unspecified atom stereocenters. The Morgan fingerprint density at radius 3 is 2.44 bits per heavy atom. The quantitative estimate of drug-likeness (QED) is 0.403. The monoisotopic (exact) mass is 261 g/mol. The Morgan fingerprint density at radius 1 is 1.22 bits per heavy atom.